The molecule has 23 heavy (non-hydrogen) atoms. The number of hydrogen-bond acceptors (Lipinski definition) is 2. The molecule has 3 nitrogen and oxygen atoms in total. The minimum absolute atomic E-state index is 0.408. The molecule has 2 aromatic rings. The standard InChI is InChI=1S/C17H11Cl2FN2O/c18-13-5-1-11(15(19)9-13)4-8-17(23)22-16(10-21)12-2-6-14(20)7-3-12/h1-9,16H,(H,22,23)/b8-4+/t16-/m1/s1. The summed E-state index contributed by atoms with van der Waals surface area (Å²) < 4.78 is 12.9. The van der Waals surface area contributed by atoms with E-state index in [0.29, 0.717) is 21.2 Å². The third-order valence-electron chi connectivity index (χ3n) is 3.00. The first kappa shape index (κ1) is 17.0. The van der Waals surface area contributed by atoms with E-state index in [4.69, 9.17) is 28.5 Å². The van der Waals surface area contributed by atoms with E-state index in [-0.39, 0.29) is 0 Å². The lowest BCUT2D eigenvalue weighted by atomic mass is 10.1. The predicted octanol–water partition coefficient (Wildman–Crippen LogP) is 4.53. The minimum Gasteiger partial charge on any atom is -0.333 e. The van der Waals surface area contributed by atoms with Crippen molar-refractivity contribution in [2.45, 2.75) is 6.04 Å². The number of benzene rings is 2. The molecule has 0 radical (unpaired) electrons. The second-order valence-corrected chi connectivity index (χ2v) is 5.47. The predicted molar refractivity (Wildman–Crippen MR) is 88.4 cm³/mol. The Kier molecular flexibility index (Phi) is 5.75. The fourth-order valence-corrected chi connectivity index (χ4v) is 2.31. The molecule has 116 valence electrons. The Morgan fingerprint density at radius 2 is 1.91 bits per heavy atom. The Morgan fingerprint density at radius 3 is 2.52 bits per heavy atom. The minimum atomic E-state index is -0.867. The van der Waals surface area contributed by atoms with E-state index >= 15 is 0 Å². The van der Waals surface area contributed by atoms with Crippen LogP contribution in [0, 0.1) is 17.1 Å². The van der Waals surface area contributed by atoms with Gasteiger partial charge < -0.3 is 5.32 Å². The molecule has 0 heterocycles. The number of amides is 1. The number of halogens is 3. The molecule has 0 aliphatic carbocycles. The average Bonchev–Trinajstić information content (AvgIpc) is 2.52. The summed E-state index contributed by atoms with van der Waals surface area (Å²) in [7, 11) is 0. The fraction of sp³-hybridized carbons (Fsp3) is 0.0588. The molecule has 0 spiro atoms. The van der Waals surface area contributed by atoms with Crippen molar-refractivity contribution in [2.75, 3.05) is 0 Å². The first-order valence-corrected chi connectivity index (χ1v) is 7.34. The molecular weight excluding hydrogens is 338 g/mol. The molecule has 2 rings (SSSR count). The van der Waals surface area contributed by atoms with Crippen LogP contribution in [0.15, 0.2) is 48.5 Å². The van der Waals surface area contributed by atoms with Crippen LogP contribution in [-0.2, 0) is 4.79 Å². The number of nitrogens with one attached hydrogen (secondary N) is 1. The number of rotatable bonds is 4. The summed E-state index contributed by atoms with van der Waals surface area (Å²) in [6.07, 6.45) is 2.79. The van der Waals surface area contributed by atoms with Crippen LogP contribution in [0.25, 0.3) is 6.08 Å². The van der Waals surface area contributed by atoms with Gasteiger partial charge in [0.25, 0.3) is 0 Å². The van der Waals surface area contributed by atoms with Crippen molar-refractivity contribution in [1.82, 2.24) is 5.32 Å². The van der Waals surface area contributed by atoms with Gasteiger partial charge in [0.15, 0.2) is 0 Å². The zero-order valence-corrected chi connectivity index (χ0v) is 13.3. The van der Waals surface area contributed by atoms with Crippen LogP contribution in [0.4, 0.5) is 4.39 Å². The molecule has 1 N–H and O–H groups in total. The second kappa shape index (κ2) is 7.77. The number of nitriles is 1. The van der Waals surface area contributed by atoms with Gasteiger partial charge in [0.2, 0.25) is 5.91 Å². The summed E-state index contributed by atoms with van der Waals surface area (Å²) >= 11 is 11.8. The Bertz CT molecular complexity index is 782. The maximum absolute atomic E-state index is 12.9. The molecule has 0 fully saturated rings. The van der Waals surface area contributed by atoms with Gasteiger partial charge in [0.1, 0.15) is 11.9 Å². The van der Waals surface area contributed by atoms with Gasteiger partial charge in [-0.3, -0.25) is 4.79 Å². The quantitative estimate of drug-likeness (QED) is 0.825. The number of nitrogens with zero attached hydrogens (tertiary/aromatic N) is 1. The van der Waals surface area contributed by atoms with E-state index in [0.717, 1.165) is 0 Å². The van der Waals surface area contributed by atoms with Crippen molar-refractivity contribution in [1.29, 1.82) is 5.26 Å². The van der Waals surface area contributed by atoms with E-state index in [1.807, 2.05) is 6.07 Å². The highest BCUT2D eigenvalue weighted by Gasteiger charge is 2.12. The maximum Gasteiger partial charge on any atom is 0.245 e. The molecule has 0 saturated carbocycles. The van der Waals surface area contributed by atoms with Gasteiger partial charge in [0, 0.05) is 16.1 Å². The smallest absolute Gasteiger partial charge is 0.245 e. The molecule has 0 saturated heterocycles. The monoisotopic (exact) mass is 348 g/mol. The molecule has 2 aromatic carbocycles. The third kappa shape index (κ3) is 4.82. The van der Waals surface area contributed by atoms with Crippen molar-refractivity contribution < 1.29 is 9.18 Å². The fourth-order valence-electron chi connectivity index (χ4n) is 1.84. The van der Waals surface area contributed by atoms with E-state index in [9.17, 15) is 9.18 Å². The SMILES string of the molecule is N#C[C@@H](NC(=O)/C=C/c1ccc(Cl)cc1Cl)c1ccc(F)cc1. The van der Waals surface area contributed by atoms with Crippen molar-refractivity contribution in [3.8, 4) is 6.07 Å². The lowest BCUT2D eigenvalue weighted by Gasteiger charge is -2.10. The molecular formula is C17H11Cl2FN2O. The average molecular weight is 349 g/mol. The highest BCUT2D eigenvalue weighted by molar-refractivity contribution is 6.35. The largest absolute Gasteiger partial charge is 0.333 e. The van der Waals surface area contributed by atoms with Crippen LogP contribution < -0.4 is 5.32 Å². The maximum atomic E-state index is 12.9. The molecule has 0 aliphatic rings. The second-order valence-electron chi connectivity index (χ2n) is 4.62. The topological polar surface area (TPSA) is 52.9 Å². The van der Waals surface area contributed by atoms with Gasteiger partial charge in [0.05, 0.1) is 6.07 Å². The summed E-state index contributed by atoms with van der Waals surface area (Å²) in [6, 6.07) is 11.3. The van der Waals surface area contributed by atoms with Gasteiger partial charge in [-0.25, -0.2) is 4.39 Å². The van der Waals surface area contributed by atoms with Gasteiger partial charge in [-0.1, -0.05) is 41.4 Å². The Hall–Kier alpha value is -2.35. The number of carbonyl (C=O) groups excluding carboxylic acids is 1. The summed E-state index contributed by atoms with van der Waals surface area (Å²) in [5, 5.41) is 12.6. The first-order chi connectivity index (χ1) is 11.0. The molecule has 0 aliphatic heterocycles. The Morgan fingerprint density at radius 1 is 1.22 bits per heavy atom. The lowest BCUT2D eigenvalue weighted by Crippen LogP contribution is -2.25. The van der Waals surface area contributed by atoms with Crippen LogP contribution in [0.5, 0.6) is 0 Å². The van der Waals surface area contributed by atoms with Crippen molar-refractivity contribution in [2.24, 2.45) is 0 Å². The molecule has 6 heteroatoms. The molecule has 1 amide bonds. The van der Waals surface area contributed by atoms with E-state index < -0.39 is 17.8 Å². The van der Waals surface area contributed by atoms with Gasteiger partial charge >= 0.3 is 0 Å². The number of carbonyl (C=O) groups is 1. The van der Waals surface area contributed by atoms with Crippen LogP contribution in [0.3, 0.4) is 0 Å². The van der Waals surface area contributed by atoms with E-state index in [1.54, 1.807) is 18.2 Å². The van der Waals surface area contributed by atoms with Crippen molar-refractivity contribution in [3.05, 3.63) is 75.5 Å². The van der Waals surface area contributed by atoms with Gasteiger partial charge in [-0.2, -0.15) is 5.26 Å². The molecule has 1 atom stereocenters. The zero-order valence-electron chi connectivity index (χ0n) is 11.8. The number of hydrogen-bond donors (Lipinski definition) is 1. The summed E-state index contributed by atoms with van der Waals surface area (Å²) in [6.45, 7) is 0. The highest BCUT2D eigenvalue weighted by Crippen LogP contribution is 2.22. The zero-order chi connectivity index (χ0) is 16.8. The van der Waals surface area contributed by atoms with E-state index in [2.05, 4.69) is 5.32 Å². The summed E-state index contributed by atoms with van der Waals surface area (Å²) in [4.78, 5) is 11.9. The molecule has 0 bridgehead atoms. The summed E-state index contributed by atoms with van der Waals surface area (Å²) in [5.41, 5.74) is 1.13. The van der Waals surface area contributed by atoms with E-state index in [1.165, 1.54) is 36.4 Å². The van der Waals surface area contributed by atoms with Crippen LogP contribution in [-0.4, -0.2) is 5.91 Å². The lowest BCUT2D eigenvalue weighted by molar-refractivity contribution is -0.116. The van der Waals surface area contributed by atoms with Crippen molar-refractivity contribution in [3.63, 3.8) is 0 Å². The highest BCUT2D eigenvalue weighted by atomic mass is 35.5. The van der Waals surface area contributed by atoms with Gasteiger partial charge in [-0.15, -0.1) is 0 Å². The third-order valence-corrected chi connectivity index (χ3v) is 3.56. The van der Waals surface area contributed by atoms with Crippen LogP contribution in [0.1, 0.15) is 17.2 Å². The first-order valence-electron chi connectivity index (χ1n) is 6.58. The molecule has 0 aromatic heterocycles. The van der Waals surface area contributed by atoms with Crippen LogP contribution in [0.2, 0.25) is 10.0 Å². The Labute approximate surface area is 142 Å². The van der Waals surface area contributed by atoms with Crippen molar-refractivity contribution >= 4 is 35.2 Å². The normalized spacial score (nSPS) is 11.9. The molecule has 0 unspecified atom stereocenters. The summed E-state index contributed by atoms with van der Waals surface area (Å²) in [5.74, 6) is -0.874. The van der Waals surface area contributed by atoms with Gasteiger partial charge in [-0.05, 0) is 41.5 Å². The van der Waals surface area contributed by atoms with Crippen LogP contribution >= 0.6 is 23.2 Å². The Balaban J connectivity index is 2.07.